The van der Waals surface area contributed by atoms with E-state index < -0.39 is 0 Å². The Kier molecular flexibility index (Phi) is 3.62. The molecule has 0 aromatic carbocycles. The summed E-state index contributed by atoms with van der Waals surface area (Å²) >= 11 is 0. The third-order valence-electron chi connectivity index (χ3n) is 1.87. The highest BCUT2D eigenvalue weighted by Gasteiger charge is 2.05. The van der Waals surface area contributed by atoms with Crippen molar-refractivity contribution in [2.75, 3.05) is 0 Å². The van der Waals surface area contributed by atoms with Crippen LogP contribution in [0.4, 0.5) is 0 Å². The third kappa shape index (κ3) is 1.79. The van der Waals surface area contributed by atoms with Gasteiger partial charge < -0.3 is 4.98 Å². The first-order chi connectivity index (χ1) is 6.33. The molecule has 14 heavy (non-hydrogen) atoms. The van der Waals surface area contributed by atoms with Crippen LogP contribution in [0.5, 0.6) is 0 Å². The Morgan fingerprint density at radius 3 is 3.07 bits per heavy atom. The van der Waals surface area contributed by atoms with Crippen molar-refractivity contribution < 1.29 is 0 Å². The predicted octanol–water partition coefficient (Wildman–Crippen LogP) is 1.15. The number of hydrogen-bond acceptors (Lipinski definition) is 3. The van der Waals surface area contributed by atoms with Crippen molar-refractivity contribution >= 4 is 35.0 Å². The van der Waals surface area contributed by atoms with Crippen LogP contribution in [0, 0.1) is 0 Å². The fourth-order valence-electron chi connectivity index (χ4n) is 1.31. The van der Waals surface area contributed by atoms with Crippen molar-refractivity contribution in [2.24, 2.45) is 0 Å². The monoisotopic (exact) mass is 306 g/mol. The number of aromatic amines is 1. The largest absolute Gasteiger partial charge is 0.311 e. The van der Waals surface area contributed by atoms with Gasteiger partial charge in [0.2, 0.25) is 0 Å². The summed E-state index contributed by atoms with van der Waals surface area (Å²) in [5, 5.41) is 4.08. The van der Waals surface area contributed by atoms with Crippen LogP contribution in [0.3, 0.4) is 0 Å². The lowest BCUT2D eigenvalue weighted by molar-refractivity contribution is 0.620. The summed E-state index contributed by atoms with van der Waals surface area (Å²) in [5.41, 5.74) is 1.08. The number of halogens is 1. The molecule has 0 radical (unpaired) electrons. The van der Waals surface area contributed by atoms with Gasteiger partial charge in [-0.25, -0.2) is 4.98 Å². The Balaban J connectivity index is 0.000000980. The maximum absolute atomic E-state index is 11.4. The molecule has 0 aliphatic heterocycles. The molecule has 0 saturated carbocycles. The van der Waals surface area contributed by atoms with Gasteiger partial charge in [-0.15, -0.1) is 24.0 Å². The van der Waals surface area contributed by atoms with E-state index in [-0.39, 0.29) is 29.5 Å². The van der Waals surface area contributed by atoms with Gasteiger partial charge in [0.15, 0.2) is 5.52 Å². The maximum atomic E-state index is 11.4. The smallest absolute Gasteiger partial charge is 0.276 e. The Morgan fingerprint density at radius 1 is 1.57 bits per heavy atom. The molecule has 6 heteroatoms. The number of rotatable bonds is 2. The van der Waals surface area contributed by atoms with Crippen LogP contribution in [0.25, 0.3) is 11.0 Å². The van der Waals surface area contributed by atoms with Crippen LogP contribution in [0.1, 0.15) is 13.3 Å². The molecule has 76 valence electrons. The summed E-state index contributed by atoms with van der Waals surface area (Å²) in [5.74, 6) is 0. The van der Waals surface area contributed by atoms with Crippen LogP contribution in [-0.4, -0.2) is 19.7 Å². The fourth-order valence-corrected chi connectivity index (χ4v) is 1.31. The Morgan fingerprint density at radius 2 is 2.36 bits per heavy atom. The highest BCUT2D eigenvalue weighted by Crippen LogP contribution is 2.04. The van der Waals surface area contributed by atoms with E-state index in [1.165, 1.54) is 6.33 Å². The molecule has 2 aromatic rings. The first-order valence-electron chi connectivity index (χ1n) is 4.22. The summed E-state index contributed by atoms with van der Waals surface area (Å²) in [7, 11) is 0. The molecule has 0 fully saturated rings. The highest BCUT2D eigenvalue weighted by molar-refractivity contribution is 14.0. The quantitative estimate of drug-likeness (QED) is 0.847. The topological polar surface area (TPSA) is 63.6 Å². The zero-order valence-corrected chi connectivity index (χ0v) is 10.1. The molecular weight excluding hydrogens is 295 g/mol. The van der Waals surface area contributed by atoms with Crippen LogP contribution in [0.2, 0.25) is 0 Å². The molecule has 0 aliphatic carbocycles. The minimum absolute atomic E-state index is 0. The van der Waals surface area contributed by atoms with Crippen LogP contribution < -0.4 is 5.56 Å². The number of aryl methyl sites for hydroxylation is 1. The average Bonchev–Trinajstić information content (AvgIpc) is 2.51. The number of hydrogen-bond donors (Lipinski definition) is 1. The van der Waals surface area contributed by atoms with Gasteiger partial charge in [-0.2, -0.15) is 5.10 Å². The lowest BCUT2D eigenvalue weighted by Crippen LogP contribution is -2.11. The summed E-state index contributed by atoms with van der Waals surface area (Å²) in [4.78, 5) is 17.9. The van der Waals surface area contributed by atoms with E-state index in [0.29, 0.717) is 11.0 Å². The molecule has 0 unspecified atom stereocenters. The summed E-state index contributed by atoms with van der Waals surface area (Å²) < 4.78 is 1.68. The normalized spacial score (nSPS) is 10.1. The number of H-pyrrole nitrogens is 1. The molecule has 1 N–H and O–H groups in total. The first kappa shape index (κ1) is 11.2. The molecule has 0 bridgehead atoms. The predicted molar refractivity (Wildman–Crippen MR) is 63.9 cm³/mol. The second-order valence-corrected chi connectivity index (χ2v) is 2.83. The molecular formula is C8H11IN4O. The first-order valence-corrected chi connectivity index (χ1v) is 4.22. The average molecular weight is 306 g/mol. The zero-order chi connectivity index (χ0) is 9.26. The fraction of sp³-hybridized carbons (Fsp3) is 0.375. The van der Waals surface area contributed by atoms with E-state index >= 15 is 0 Å². The second kappa shape index (κ2) is 4.54. The van der Waals surface area contributed by atoms with Gasteiger partial charge in [0, 0.05) is 6.54 Å². The number of nitrogens with one attached hydrogen (secondary N) is 1. The van der Waals surface area contributed by atoms with Crippen LogP contribution in [-0.2, 0) is 6.54 Å². The minimum Gasteiger partial charge on any atom is -0.311 e. The lowest BCUT2D eigenvalue weighted by Gasteiger charge is -1.97. The Labute approximate surface area is 97.6 Å². The number of fused-ring (bicyclic) bond motifs is 1. The van der Waals surface area contributed by atoms with E-state index in [0.717, 1.165) is 13.0 Å². The van der Waals surface area contributed by atoms with E-state index in [1.54, 1.807) is 10.9 Å². The highest BCUT2D eigenvalue weighted by atomic mass is 127. The molecule has 0 amide bonds. The Hall–Kier alpha value is -0.920. The summed E-state index contributed by atoms with van der Waals surface area (Å²) in [6.45, 7) is 2.79. The summed E-state index contributed by atoms with van der Waals surface area (Å²) in [6, 6.07) is 0. The third-order valence-corrected chi connectivity index (χ3v) is 1.87. The van der Waals surface area contributed by atoms with Crippen LogP contribution in [0.15, 0.2) is 17.3 Å². The summed E-state index contributed by atoms with van der Waals surface area (Å²) in [6.07, 6.45) is 3.95. The van der Waals surface area contributed by atoms with Crippen molar-refractivity contribution in [1.82, 2.24) is 19.7 Å². The van der Waals surface area contributed by atoms with E-state index in [4.69, 9.17) is 0 Å². The molecule has 2 heterocycles. The molecule has 0 atom stereocenters. The van der Waals surface area contributed by atoms with Crippen molar-refractivity contribution in [3.05, 3.63) is 22.9 Å². The second-order valence-electron chi connectivity index (χ2n) is 2.83. The maximum Gasteiger partial charge on any atom is 0.276 e. The number of aromatic nitrogens is 4. The minimum atomic E-state index is -0.129. The van der Waals surface area contributed by atoms with Gasteiger partial charge in [0.25, 0.3) is 5.56 Å². The standard InChI is InChI=1S/C8H10N4O.HI/c1-2-3-12-7-6(4-11-12)9-5-10-8(7)13;/h4-5H,2-3H2,1H3,(H,9,10,13);1H. The van der Waals surface area contributed by atoms with Crippen molar-refractivity contribution in [1.29, 1.82) is 0 Å². The van der Waals surface area contributed by atoms with Crippen molar-refractivity contribution in [2.45, 2.75) is 19.9 Å². The molecule has 0 aliphatic rings. The van der Waals surface area contributed by atoms with Gasteiger partial charge >= 0.3 is 0 Å². The zero-order valence-electron chi connectivity index (χ0n) is 7.73. The van der Waals surface area contributed by atoms with Gasteiger partial charge in [0.05, 0.1) is 12.5 Å². The van der Waals surface area contributed by atoms with Gasteiger partial charge in [-0.05, 0) is 6.42 Å². The van der Waals surface area contributed by atoms with Crippen molar-refractivity contribution in [3.8, 4) is 0 Å². The molecule has 5 nitrogen and oxygen atoms in total. The van der Waals surface area contributed by atoms with Gasteiger partial charge in [0.1, 0.15) is 5.52 Å². The molecule has 0 spiro atoms. The molecule has 2 rings (SSSR count). The van der Waals surface area contributed by atoms with Gasteiger partial charge in [-0.1, -0.05) is 6.92 Å². The Bertz CT molecular complexity index is 475. The molecule has 0 saturated heterocycles. The van der Waals surface area contributed by atoms with Crippen molar-refractivity contribution in [3.63, 3.8) is 0 Å². The van der Waals surface area contributed by atoms with Crippen LogP contribution >= 0.6 is 24.0 Å². The molecule has 2 aromatic heterocycles. The van der Waals surface area contributed by atoms with E-state index in [1.807, 2.05) is 6.92 Å². The lowest BCUT2D eigenvalue weighted by atomic mass is 10.4. The van der Waals surface area contributed by atoms with E-state index in [9.17, 15) is 4.79 Å². The van der Waals surface area contributed by atoms with Gasteiger partial charge in [-0.3, -0.25) is 9.48 Å². The number of nitrogens with zero attached hydrogens (tertiary/aromatic N) is 3. The SMILES string of the molecule is CCCn1ncc2nc[nH]c(=O)c21.I. The van der Waals surface area contributed by atoms with E-state index in [2.05, 4.69) is 15.1 Å².